The van der Waals surface area contributed by atoms with E-state index in [2.05, 4.69) is 27.6 Å². The van der Waals surface area contributed by atoms with Gasteiger partial charge in [-0.05, 0) is 31.7 Å². The molecule has 1 saturated carbocycles. The van der Waals surface area contributed by atoms with Crippen molar-refractivity contribution < 1.29 is 0 Å². The normalized spacial score (nSPS) is 16.9. The second kappa shape index (κ2) is 6.57. The molecule has 1 aliphatic rings. The lowest BCUT2D eigenvalue weighted by Gasteiger charge is -2.39. The summed E-state index contributed by atoms with van der Waals surface area (Å²) in [5, 5.41) is 12.2. The van der Waals surface area contributed by atoms with E-state index in [9.17, 15) is 0 Å². The first kappa shape index (κ1) is 16.8. The van der Waals surface area contributed by atoms with Crippen LogP contribution in [0.1, 0.15) is 37.8 Å². The molecule has 0 bridgehead atoms. The molecule has 4 rings (SSSR count). The largest absolute Gasteiger partial charge is 0.364 e. The van der Waals surface area contributed by atoms with Crippen molar-refractivity contribution in [2.75, 3.05) is 17.2 Å². The Labute approximate surface area is 153 Å². The number of nitrogens with two attached hydrogens (primary N) is 1. The predicted molar refractivity (Wildman–Crippen MR) is 104 cm³/mol. The minimum Gasteiger partial charge on any atom is -0.364 e. The van der Waals surface area contributed by atoms with Crippen LogP contribution in [0.2, 0.25) is 0 Å². The number of benzene rings is 1. The van der Waals surface area contributed by atoms with Gasteiger partial charge in [0.2, 0.25) is 5.95 Å². The monoisotopic (exact) mass is 351 g/mol. The average Bonchev–Trinajstić information content (AvgIpc) is 3.00. The number of rotatable bonds is 6. The minimum atomic E-state index is -0.123. The molecule has 7 heteroatoms. The van der Waals surface area contributed by atoms with E-state index in [1.54, 1.807) is 4.68 Å². The fraction of sp³-hybridized carbons (Fsp3) is 0.421. The topological polar surface area (TPSA) is 93.7 Å². The summed E-state index contributed by atoms with van der Waals surface area (Å²) in [6.07, 6.45) is 5.38. The fourth-order valence-electron chi connectivity index (χ4n) is 3.33. The SMILES string of the molecule is Cn1ncc2c(NC3(C)CCC3)nc(NC[C@H](N)c3ccccc3)nc21. The van der Waals surface area contributed by atoms with Gasteiger partial charge in [0, 0.05) is 25.2 Å². The van der Waals surface area contributed by atoms with E-state index < -0.39 is 0 Å². The number of aromatic nitrogens is 4. The van der Waals surface area contributed by atoms with Crippen molar-refractivity contribution in [2.45, 2.75) is 37.8 Å². The van der Waals surface area contributed by atoms with Crippen molar-refractivity contribution in [1.29, 1.82) is 0 Å². The van der Waals surface area contributed by atoms with E-state index in [0.29, 0.717) is 12.5 Å². The van der Waals surface area contributed by atoms with Crippen LogP contribution in [-0.2, 0) is 7.05 Å². The highest BCUT2D eigenvalue weighted by atomic mass is 15.3. The van der Waals surface area contributed by atoms with Crippen LogP contribution in [-0.4, -0.2) is 31.8 Å². The highest BCUT2D eigenvalue weighted by Crippen LogP contribution is 2.36. The number of hydrogen-bond donors (Lipinski definition) is 3. The van der Waals surface area contributed by atoms with Gasteiger partial charge in [-0.2, -0.15) is 15.1 Å². The molecule has 1 fully saturated rings. The summed E-state index contributed by atoms with van der Waals surface area (Å²) in [6.45, 7) is 2.79. The summed E-state index contributed by atoms with van der Waals surface area (Å²) >= 11 is 0. The maximum absolute atomic E-state index is 6.28. The van der Waals surface area contributed by atoms with Crippen LogP contribution in [0.4, 0.5) is 11.8 Å². The molecule has 0 radical (unpaired) electrons. The molecule has 2 heterocycles. The zero-order valence-electron chi connectivity index (χ0n) is 15.2. The lowest BCUT2D eigenvalue weighted by Crippen LogP contribution is -2.42. The summed E-state index contributed by atoms with van der Waals surface area (Å²) < 4.78 is 1.77. The van der Waals surface area contributed by atoms with Crippen LogP contribution in [0.3, 0.4) is 0 Å². The van der Waals surface area contributed by atoms with Crippen LogP contribution < -0.4 is 16.4 Å². The molecular formula is C19H25N7. The Morgan fingerprint density at radius 2 is 2.00 bits per heavy atom. The molecule has 3 aromatic rings. The number of hydrogen-bond acceptors (Lipinski definition) is 6. The molecule has 0 saturated heterocycles. The van der Waals surface area contributed by atoms with Crippen molar-refractivity contribution in [2.24, 2.45) is 12.8 Å². The molecule has 1 aromatic carbocycles. The third-order valence-corrected chi connectivity index (χ3v) is 5.18. The highest BCUT2D eigenvalue weighted by Gasteiger charge is 2.32. The third-order valence-electron chi connectivity index (χ3n) is 5.18. The zero-order valence-corrected chi connectivity index (χ0v) is 15.2. The Morgan fingerprint density at radius 1 is 1.23 bits per heavy atom. The molecule has 0 amide bonds. The van der Waals surface area contributed by atoms with Crippen molar-refractivity contribution >= 4 is 22.8 Å². The Balaban J connectivity index is 1.57. The summed E-state index contributed by atoms with van der Waals surface area (Å²) in [6, 6.07) is 9.91. The van der Waals surface area contributed by atoms with Gasteiger partial charge in [0.25, 0.3) is 0 Å². The standard InChI is InChI=1S/C19H25N7/c1-19(9-6-10-19)25-16-14-11-22-26(2)17(14)24-18(23-16)21-12-15(20)13-7-4-3-5-8-13/h3-5,7-8,11,15H,6,9-10,12,20H2,1-2H3,(H2,21,23,24,25)/t15-/m0/s1. The first-order valence-corrected chi connectivity index (χ1v) is 9.06. The number of anilines is 2. The van der Waals surface area contributed by atoms with Crippen LogP contribution in [0.15, 0.2) is 36.5 Å². The Hall–Kier alpha value is -2.67. The number of aryl methyl sites for hydroxylation is 1. The van der Waals surface area contributed by atoms with Crippen molar-refractivity contribution in [3.8, 4) is 0 Å². The summed E-state index contributed by atoms with van der Waals surface area (Å²) in [5.41, 5.74) is 8.28. The van der Waals surface area contributed by atoms with Crippen LogP contribution in [0.25, 0.3) is 11.0 Å². The number of nitrogens with one attached hydrogen (secondary N) is 2. The smallest absolute Gasteiger partial charge is 0.226 e. The summed E-state index contributed by atoms with van der Waals surface area (Å²) in [5.74, 6) is 1.40. The first-order chi connectivity index (χ1) is 12.5. The molecule has 0 aliphatic heterocycles. The quantitative estimate of drug-likeness (QED) is 0.632. The Bertz CT molecular complexity index is 899. The van der Waals surface area contributed by atoms with Crippen molar-refractivity contribution in [1.82, 2.24) is 19.7 Å². The maximum Gasteiger partial charge on any atom is 0.226 e. The predicted octanol–water partition coefficient (Wildman–Crippen LogP) is 2.83. The van der Waals surface area contributed by atoms with Gasteiger partial charge in [-0.25, -0.2) is 0 Å². The number of nitrogens with zero attached hydrogens (tertiary/aromatic N) is 4. The van der Waals surface area contributed by atoms with Crippen LogP contribution in [0, 0.1) is 0 Å². The van der Waals surface area contributed by atoms with Gasteiger partial charge in [-0.3, -0.25) is 4.68 Å². The summed E-state index contributed by atoms with van der Waals surface area (Å²) in [7, 11) is 1.89. The fourth-order valence-corrected chi connectivity index (χ4v) is 3.33. The van der Waals surface area contributed by atoms with Crippen LogP contribution >= 0.6 is 0 Å². The molecule has 2 aromatic heterocycles. The molecular weight excluding hydrogens is 326 g/mol. The lowest BCUT2D eigenvalue weighted by atomic mass is 9.78. The molecule has 0 unspecified atom stereocenters. The van der Waals surface area contributed by atoms with E-state index in [1.807, 2.05) is 43.6 Å². The maximum atomic E-state index is 6.28. The first-order valence-electron chi connectivity index (χ1n) is 9.06. The van der Waals surface area contributed by atoms with E-state index in [1.165, 1.54) is 6.42 Å². The van der Waals surface area contributed by atoms with Crippen molar-refractivity contribution in [3.63, 3.8) is 0 Å². The molecule has 136 valence electrons. The van der Waals surface area contributed by atoms with Gasteiger partial charge >= 0.3 is 0 Å². The Morgan fingerprint density at radius 3 is 2.69 bits per heavy atom. The molecule has 1 atom stereocenters. The van der Waals surface area contributed by atoms with E-state index in [0.717, 1.165) is 35.3 Å². The molecule has 26 heavy (non-hydrogen) atoms. The highest BCUT2D eigenvalue weighted by molar-refractivity contribution is 5.87. The van der Waals surface area contributed by atoms with Gasteiger partial charge in [-0.15, -0.1) is 0 Å². The van der Waals surface area contributed by atoms with E-state index in [4.69, 9.17) is 10.7 Å². The lowest BCUT2D eigenvalue weighted by molar-refractivity contribution is 0.306. The summed E-state index contributed by atoms with van der Waals surface area (Å²) in [4.78, 5) is 9.32. The minimum absolute atomic E-state index is 0.106. The van der Waals surface area contributed by atoms with Gasteiger partial charge in [0.05, 0.1) is 11.6 Å². The third kappa shape index (κ3) is 3.22. The van der Waals surface area contributed by atoms with Gasteiger partial charge in [0.1, 0.15) is 5.82 Å². The van der Waals surface area contributed by atoms with Crippen molar-refractivity contribution in [3.05, 3.63) is 42.1 Å². The second-order valence-corrected chi connectivity index (χ2v) is 7.34. The molecule has 4 N–H and O–H groups in total. The van der Waals surface area contributed by atoms with Gasteiger partial charge < -0.3 is 16.4 Å². The molecule has 1 aliphatic carbocycles. The van der Waals surface area contributed by atoms with Gasteiger partial charge in [0.15, 0.2) is 5.65 Å². The van der Waals surface area contributed by atoms with E-state index in [-0.39, 0.29) is 11.6 Å². The number of fused-ring (bicyclic) bond motifs is 1. The van der Waals surface area contributed by atoms with Crippen LogP contribution in [0.5, 0.6) is 0 Å². The Kier molecular flexibility index (Phi) is 4.24. The second-order valence-electron chi connectivity index (χ2n) is 7.34. The zero-order chi connectivity index (χ0) is 18.1. The molecule has 7 nitrogen and oxygen atoms in total. The van der Waals surface area contributed by atoms with Gasteiger partial charge in [-0.1, -0.05) is 30.3 Å². The van der Waals surface area contributed by atoms with E-state index >= 15 is 0 Å². The average molecular weight is 351 g/mol. The molecule has 0 spiro atoms.